The number of amides is 7. The maximum absolute atomic E-state index is 12.8. The number of rotatable bonds is 24. The van der Waals surface area contributed by atoms with E-state index in [2.05, 4.69) is 37.6 Å². The second-order valence-corrected chi connectivity index (χ2v) is 16.5. The minimum absolute atomic E-state index is 0.0339. The van der Waals surface area contributed by atoms with E-state index in [0.29, 0.717) is 54.9 Å². The van der Waals surface area contributed by atoms with Crippen molar-refractivity contribution in [3.8, 4) is 11.8 Å². The summed E-state index contributed by atoms with van der Waals surface area (Å²) in [6.07, 6.45) is 4.33. The van der Waals surface area contributed by atoms with Crippen molar-refractivity contribution in [1.29, 1.82) is 5.26 Å². The quantitative estimate of drug-likeness (QED) is 0.0492. The number of imide groups is 1. The number of benzene rings is 2. The highest BCUT2D eigenvalue weighted by molar-refractivity contribution is 8.76. The van der Waals surface area contributed by atoms with Gasteiger partial charge in [0.1, 0.15) is 24.1 Å². The lowest BCUT2D eigenvalue weighted by Gasteiger charge is -2.23. The van der Waals surface area contributed by atoms with Gasteiger partial charge in [0.05, 0.1) is 43.6 Å². The van der Waals surface area contributed by atoms with Gasteiger partial charge in [-0.3, -0.25) is 39.0 Å². The highest BCUT2D eigenvalue weighted by Crippen LogP contribution is 2.35. The molecule has 0 bridgehead atoms. The minimum atomic E-state index is -0.648. The first-order chi connectivity index (χ1) is 29.4. The van der Waals surface area contributed by atoms with E-state index in [1.807, 2.05) is 49.2 Å². The smallest absolute Gasteiger partial charge is 0.411 e. The predicted octanol–water partition coefficient (Wildman–Crippen LogP) is 3.54. The number of carbonyl (C=O) groups excluding carboxylic acids is 7. The average molecular weight is 876 g/mol. The third-order valence-corrected chi connectivity index (χ3v) is 11.9. The molecule has 5 N–H and O–H groups in total. The number of unbranched alkanes of at least 4 members (excludes halogenated alkanes) is 2. The van der Waals surface area contributed by atoms with Gasteiger partial charge in [0.15, 0.2) is 0 Å². The number of nitrogens with one attached hydrogen (secondary N) is 5. The molecule has 0 spiro atoms. The zero-order valence-corrected chi connectivity index (χ0v) is 35.7. The van der Waals surface area contributed by atoms with E-state index in [1.165, 1.54) is 30.1 Å². The van der Waals surface area contributed by atoms with Gasteiger partial charge >= 0.3 is 6.09 Å². The van der Waals surface area contributed by atoms with Crippen molar-refractivity contribution in [3.05, 3.63) is 66.4 Å². The van der Waals surface area contributed by atoms with E-state index in [1.54, 1.807) is 29.0 Å². The van der Waals surface area contributed by atoms with E-state index in [-0.39, 0.29) is 73.8 Å². The molecule has 1 aliphatic rings. The predicted molar refractivity (Wildman–Crippen MR) is 233 cm³/mol. The number of fused-ring (bicyclic) bond motifs is 1. The Bertz CT molecular complexity index is 2130. The maximum atomic E-state index is 12.8. The van der Waals surface area contributed by atoms with Crippen LogP contribution in [0.25, 0.3) is 10.9 Å². The molecule has 0 radical (unpaired) electrons. The van der Waals surface area contributed by atoms with Crippen molar-refractivity contribution >= 4 is 91.1 Å². The Labute approximate surface area is 361 Å². The summed E-state index contributed by atoms with van der Waals surface area (Å²) < 4.78 is 10.9. The van der Waals surface area contributed by atoms with Gasteiger partial charge in [-0.2, -0.15) is 5.26 Å². The number of hydrogen-bond donors (Lipinski definition) is 5. The van der Waals surface area contributed by atoms with Crippen molar-refractivity contribution in [1.82, 2.24) is 31.2 Å². The van der Waals surface area contributed by atoms with E-state index in [9.17, 15) is 38.8 Å². The summed E-state index contributed by atoms with van der Waals surface area (Å²) in [5, 5.41) is 23.1. The summed E-state index contributed by atoms with van der Waals surface area (Å²) >= 11 is 0. The molecule has 61 heavy (non-hydrogen) atoms. The standard InChI is InChI=1S/C41H49N9O9S2/c1-27(26-59-41(57)48-32-21-29(13-14-34(32)58-3)49(2)33-20-28(22-42)47-31-11-7-6-10-30(31)33)61-60-19-9-17-43-36(52)23-45-38(54)25-46-37(53)24-44-35(51)12-5-4-8-18-50-39(55)15-16-40(50)56/h6-7,10-11,13-16,20-21,27H,4-5,8-9,12,17-19,23-26H2,1-3H3,(H,43,52)(H,44,51)(H,45,54)(H,46,53)(H,48,57). The molecule has 0 saturated heterocycles. The van der Waals surface area contributed by atoms with Gasteiger partial charge in [0.25, 0.3) is 11.8 Å². The number of pyridine rings is 1. The van der Waals surface area contributed by atoms with Gasteiger partial charge in [0, 0.05) is 60.8 Å². The van der Waals surface area contributed by atoms with Gasteiger partial charge in [-0.15, -0.1) is 0 Å². The monoisotopic (exact) mass is 875 g/mol. The van der Waals surface area contributed by atoms with Crippen LogP contribution >= 0.6 is 21.6 Å². The number of nitrogens with zero attached hydrogens (tertiary/aromatic N) is 4. The van der Waals surface area contributed by atoms with Crippen LogP contribution in [0.3, 0.4) is 0 Å². The fourth-order valence-electron chi connectivity index (χ4n) is 5.72. The summed E-state index contributed by atoms with van der Waals surface area (Å²) in [5.41, 5.74) is 2.88. The highest BCUT2D eigenvalue weighted by atomic mass is 33.1. The summed E-state index contributed by atoms with van der Waals surface area (Å²) in [4.78, 5) is 91.5. The second kappa shape index (κ2) is 24.7. The van der Waals surface area contributed by atoms with Crippen LogP contribution in [-0.2, 0) is 33.5 Å². The van der Waals surface area contributed by atoms with Crippen molar-refractivity contribution in [3.63, 3.8) is 0 Å². The van der Waals surface area contributed by atoms with Crippen LogP contribution in [0.4, 0.5) is 21.9 Å². The molecular formula is C41H49N9O9S2. The van der Waals surface area contributed by atoms with Crippen LogP contribution in [0.15, 0.2) is 60.7 Å². The molecule has 2 aromatic carbocycles. The molecule has 0 saturated carbocycles. The van der Waals surface area contributed by atoms with Gasteiger partial charge in [-0.25, -0.2) is 9.78 Å². The van der Waals surface area contributed by atoms with Crippen molar-refractivity contribution in [2.75, 3.05) is 69.5 Å². The summed E-state index contributed by atoms with van der Waals surface area (Å²) in [5.74, 6) is -1.40. The number of methoxy groups -OCH3 is 1. The second-order valence-electron chi connectivity index (χ2n) is 13.6. The van der Waals surface area contributed by atoms with E-state index < -0.39 is 17.9 Å². The molecule has 18 nitrogen and oxygen atoms in total. The lowest BCUT2D eigenvalue weighted by atomic mass is 10.1. The zero-order chi connectivity index (χ0) is 44.1. The van der Waals surface area contributed by atoms with Crippen LogP contribution in [0.2, 0.25) is 0 Å². The largest absolute Gasteiger partial charge is 0.495 e. The first-order valence-electron chi connectivity index (χ1n) is 19.4. The molecule has 1 aromatic heterocycles. The number of ether oxygens (including phenoxy) is 2. The normalized spacial score (nSPS) is 12.3. The average Bonchev–Trinajstić information content (AvgIpc) is 3.58. The van der Waals surface area contributed by atoms with E-state index in [0.717, 1.165) is 21.7 Å². The Morgan fingerprint density at radius 1 is 0.869 bits per heavy atom. The lowest BCUT2D eigenvalue weighted by Crippen LogP contribution is -2.44. The Balaban J connectivity index is 1.02. The van der Waals surface area contributed by atoms with Crippen molar-refractivity contribution < 1.29 is 43.0 Å². The summed E-state index contributed by atoms with van der Waals surface area (Å²) in [6.45, 7) is 1.80. The fraction of sp³-hybridized carbons (Fsp3) is 0.390. The van der Waals surface area contributed by atoms with Crippen LogP contribution in [-0.4, -0.2) is 116 Å². The van der Waals surface area contributed by atoms with Gasteiger partial charge < -0.3 is 35.6 Å². The minimum Gasteiger partial charge on any atom is -0.495 e. The summed E-state index contributed by atoms with van der Waals surface area (Å²) in [6, 6.07) is 16.7. The van der Waals surface area contributed by atoms with Gasteiger partial charge in [0.2, 0.25) is 23.6 Å². The molecule has 3 aromatic rings. The first-order valence-corrected chi connectivity index (χ1v) is 21.8. The molecule has 2 heterocycles. The van der Waals surface area contributed by atoms with Crippen LogP contribution in [0.1, 0.15) is 44.7 Å². The number of para-hydroxylation sites is 1. The van der Waals surface area contributed by atoms with Gasteiger partial charge in [-0.1, -0.05) is 46.2 Å². The third kappa shape index (κ3) is 15.7. The topological polar surface area (TPSA) is 241 Å². The first kappa shape index (κ1) is 47.3. The molecule has 324 valence electrons. The Hall–Kier alpha value is -6.33. The number of hydrogen-bond acceptors (Lipinski definition) is 14. The van der Waals surface area contributed by atoms with Crippen LogP contribution in [0.5, 0.6) is 5.75 Å². The Morgan fingerprint density at radius 3 is 2.23 bits per heavy atom. The van der Waals surface area contributed by atoms with Crippen molar-refractivity contribution in [2.24, 2.45) is 0 Å². The molecule has 0 fully saturated rings. The number of carbonyl (C=O) groups is 7. The highest BCUT2D eigenvalue weighted by Gasteiger charge is 2.22. The maximum Gasteiger partial charge on any atom is 0.411 e. The fourth-order valence-corrected chi connectivity index (χ4v) is 7.94. The molecule has 4 rings (SSSR count). The Kier molecular flexibility index (Phi) is 19.2. The molecule has 0 aliphatic carbocycles. The van der Waals surface area contributed by atoms with Crippen LogP contribution < -0.4 is 36.2 Å². The van der Waals surface area contributed by atoms with Crippen LogP contribution in [0, 0.1) is 11.3 Å². The SMILES string of the molecule is COc1ccc(N(C)c2cc(C#N)nc3ccccc23)cc1NC(=O)OCC(C)SSCCCNC(=O)CNC(=O)CNC(=O)CNC(=O)CCCCCN1C(=O)C=CC1=O. The molecule has 7 amide bonds. The zero-order valence-electron chi connectivity index (χ0n) is 34.1. The molecule has 1 unspecified atom stereocenters. The molecule has 1 aliphatic heterocycles. The molecular weight excluding hydrogens is 827 g/mol. The van der Waals surface area contributed by atoms with E-state index >= 15 is 0 Å². The number of aromatic nitrogens is 1. The summed E-state index contributed by atoms with van der Waals surface area (Å²) in [7, 11) is 6.47. The molecule has 20 heteroatoms. The Morgan fingerprint density at radius 2 is 1.54 bits per heavy atom. The number of anilines is 3. The third-order valence-electron chi connectivity index (χ3n) is 8.91. The lowest BCUT2D eigenvalue weighted by molar-refractivity contribution is -0.137. The van der Waals surface area contributed by atoms with Crippen molar-refractivity contribution in [2.45, 2.75) is 44.3 Å². The molecule has 1 atom stereocenters. The van der Waals surface area contributed by atoms with E-state index in [4.69, 9.17) is 9.47 Å². The number of nitriles is 1. The van der Waals surface area contributed by atoms with Gasteiger partial charge in [-0.05, 0) is 56.5 Å².